The molecule has 2 N–H and O–H groups in total. The molecule has 1 amide bonds. The van der Waals surface area contributed by atoms with Crippen molar-refractivity contribution >= 4 is 34.3 Å². The number of nitrogens with one attached hydrogen (secondary N) is 1. The Morgan fingerprint density at radius 3 is 2.70 bits per heavy atom. The van der Waals surface area contributed by atoms with Gasteiger partial charge in [0.15, 0.2) is 11.5 Å². The maximum atomic E-state index is 12.3. The van der Waals surface area contributed by atoms with Crippen molar-refractivity contribution in [3.8, 4) is 17.2 Å². The number of hydrogen-bond donors (Lipinski definition) is 2. The van der Waals surface area contributed by atoms with Crippen LogP contribution in [0.25, 0.3) is 10.8 Å². The van der Waals surface area contributed by atoms with Gasteiger partial charge in [0.2, 0.25) is 6.79 Å². The zero-order chi connectivity index (χ0) is 22.6. The van der Waals surface area contributed by atoms with Crippen molar-refractivity contribution in [2.45, 2.75) is 0 Å². The van der Waals surface area contributed by atoms with Gasteiger partial charge in [-0.3, -0.25) is 4.79 Å². The van der Waals surface area contributed by atoms with Gasteiger partial charge in [0.25, 0.3) is 5.91 Å². The van der Waals surface area contributed by atoms with Gasteiger partial charge in [-0.25, -0.2) is 5.43 Å². The van der Waals surface area contributed by atoms with Gasteiger partial charge in [0, 0.05) is 16.5 Å². The summed E-state index contributed by atoms with van der Waals surface area (Å²) < 4.78 is 10.5. The fraction of sp³-hybridized carbons (Fsp3) is 0.0400. The Balaban J connectivity index is 1.31. The van der Waals surface area contributed by atoms with E-state index in [2.05, 4.69) is 20.8 Å². The molecule has 5 rings (SSSR count). The number of hydrazone groups is 1. The number of nitrogens with zero attached hydrogens (tertiary/aromatic N) is 3. The molecule has 0 radical (unpaired) electrons. The van der Waals surface area contributed by atoms with Crippen molar-refractivity contribution in [2.75, 3.05) is 6.79 Å². The summed E-state index contributed by atoms with van der Waals surface area (Å²) in [6.07, 6.45) is 1.34. The third-order valence-corrected chi connectivity index (χ3v) is 5.06. The minimum atomic E-state index is -0.421. The average Bonchev–Trinajstić information content (AvgIpc) is 3.32. The number of carbonyl (C=O) groups excluding carboxylic acids is 1. The van der Waals surface area contributed by atoms with Crippen molar-refractivity contribution in [1.29, 1.82) is 0 Å². The molecular weight excluding hydrogens is 420 g/mol. The number of ether oxygens (including phenoxy) is 2. The monoisotopic (exact) mass is 438 g/mol. The normalized spacial score (nSPS) is 12.6. The first kappa shape index (κ1) is 20.2. The zero-order valence-corrected chi connectivity index (χ0v) is 17.3. The van der Waals surface area contributed by atoms with Crippen molar-refractivity contribution in [3.05, 3.63) is 90.0 Å². The maximum absolute atomic E-state index is 12.3. The van der Waals surface area contributed by atoms with Crippen LogP contribution in [0, 0.1) is 0 Å². The van der Waals surface area contributed by atoms with Gasteiger partial charge in [0.05, 0.1) is 17.6 Å². The summed E-state index contributed by atoms with van der Waals surface area (Å²) in [5, 5.41) is 24.8. The molecule has 33 heavy (non-hydrogen) atoms. The number of amides is 1. The van der Waals surface area contributed by atoms with E-state index in [1.54, 1.807) is 30.3 Å². The van der Waals surface area contributed by atoms with Crippen LogP contribution >= 0.6 is 0 Å². The Labute approximate surface area is 188 Å². The van der Waals surface area contributed by atoms with Crippen LogP contribution in [0.1, 0.15) is 15.9 Å². The van der Waals surface area contributed by atoms with Crippen LogP contribution in [0.15, 0.2) is 94.2 Å². The van der Waals surface area contributed by atoms with Crippen LogP contribution < -0.4 is 14.9 Å². The minimum Gasteiger partial charge on any atom is -0.507 e. The maximum Gasteiger partial charge on any atom is 0.271 e. The van der Waals surface area contributed by atoms with Crippen LogP contribution in [0.4, 0.5) is 11.4 Å². The first-order valence-corrected chi connectivity index (χ1v) is 10.1. The molecule has 1 heterocycles. The summed E-state index contributed by atoms with van der Waals surface area (Å²) in [5.41, 5.74) is 4.46. The summed E-state index contributed by atoms with van der Waals surface area (Å²) in [7, 11) is 0. The molecule has 162 valence electrons. The quantitative estimate of drug-likeness (QED) is 0.245. The molecule has 1 aliphatic heterocycles. The third kappa shape index (κ3) is 4.35. The summed E-state index contributed by atoms with van der Waals surface area (Å²) in [6, 6.07) is 23.4. The Kier molecular flexibility index (Phi) is 5.38. The van der Waals surface area contributed by atoms with Gasteiger partial charge in [-0.2, -0.15) is 10.2 Å². The molecule has 0 fully saturated rings. The summed E-state index contributed by atoms with van der Waals surface area (Å²) in [4.78, 5) is 12.3. The number of benzene rings is 4. The number of rotatable bonds is 5. The van der Waals surface area contributed by atoms with E-state index in [4.69, 9.17) is 9.47 Å². The highest BCUT2D eigenvalue weighted by molar-refractivity contribution is 5.96. The van der Waals surface area contributed by atoms with E-state index >= 15 is 0 Å². The first-order chi connectivity index (χ1) is 16.2. The fourth-order valence-electron chi connectivity index (χ4n) is 3.38. The molecule has 0 bridgehead atoms. The van der Waals surface area contributed by atoms with Gasteiger partial charge in [0.1, 0.15) is 5.75 Å². The number of hydrogen-bond acceptors (Lipinski definition) is 7. The van der Waals surface area contributed by atoms with Crippen LogP contribution in [0.5, 0.6) is 17.2 Å². The smallest absolute Gasteiger partial charge is 0.271 e. The van der Waals surface area contributed by atoms with E-state index in [1.807, 2.05) is 42.5 Å². The van der Waals surface area contributed by atoms with Crippen molar-refractivity contribution < 1.29 is 19.4 Å². The highest BCUT2D eigenvalue weighted by Crippen LogP contribution is 2.32. The van der Waals surface area contributed by atoms with E-state index in [-0.39, 0.29) is 12.5 Å². The number of aromatic hydroxyl groups is 1. The SMILES string of the molecule is O=C(NN=Cc1cc(N=Nc2cccc3ccccc23)ccc1O)c1ccc2c(c1)OCO2. The summed E-state index contributed by atoms with van der Waals surface area (Å²) in [6.45, 7) is 0.131. The Morgan fingerprint density at radius 2 is 1.76 bits per heavy atom. The second-order valence-electron chi connectivity index (χ2n) is 7.21. The standard InChI is InChI=1S/C25H18N4O4/c30-22-10-9-19(27-28-21-7-3-5-16-4-1-2-6-20(16)21)12-18(22)14-26-29-25(31)17-8-11-23-24(13-17)33-15-32-23/h1-14,30H,15H2,(H,29,31). The molecule has 0 saturated carbocycles. The van der Waals surface area contributed by atoms with Crippen LogP contribution in [0.3, 0.4) is 0 Å². The third-order valence-electron chi connectivity index (χ3n) is 5.06. The van der Waals surface area contributed by atoms with E-state index in [1.165, 1.54) is 12.3 Å². The lowest BCUT2D eigenvalue weighted by atomic mass is 10.1. The highest BCUT2D eigenvalue weighted by atomic mass is 16.7. The van der Waals surface area contributed by atoms with E-state index < -0.39 is 5.91 Å². The molecule has 4 aromatic carbocycles. The lowest BCUT2D eigenvalue weighted by Gasteiger charge is -2.03. The molecule has 0 aromatic heterocycles. The van der Waals surface area contributed by atoms with Crippen molar-refractivity contribution in [2.24, 2.45) is 15.3 Å². The van der Waals surface area contributed by atoms with E-state index in [0.717, 1.165) is 16.5 Å². The van der Waals surface area contributed by atoms with Gasteiger partial charge < -0.3 is 14.6 Å². The van der Waals surface area contributed by atoms with Gasteiger partial charge in [-0.05, 0) is 47.9 Å². The molecule has 0 spiro atoms. The largest absolute Gasteiger partial charge is 0.507 e. The molecule has 1 aliphatic rings. The molecule has 0 saturated heterocycles. The average molecular weight is 438 g/mol. The topological polar surface area (TPSA) is 105 Å². The molecular formula is C25H18N4O4. The lowest BCUT2D eigenvalue weighted by Crippen LogP contribution is -2.17. The van der Waals surface area contributed by atoms with Gasteiger partial charge >= 0.3 is 0 Å². The van der Waals surface area contributed by atoms with E-state index in [9.17, 15) is 9.90 Å². The second-order valence-corrected chi connectivity index (χ2v) is 7.21. The van der Waals surface area contributed by atoms with E-state index in [0.29, 0.717) is 28.3 Å². The number of fused-ring (bicyclic) bond motifs is 2. The Hall–Kier alpha value is -4.72. The molecule has 0 atom stereocenters. The molecule has 4 aromatic rings. The second kappa shape index (κ2) is 8.80. The number of azo groups is 1. The minimum absolute atomic E-state index is 0.000175. The zero-order valence-electron chi connectivity index (χ0n) is 17.3. The highest BCUT2D eigenvalue weighted by Gasteiger charge is 2.15. The molecule has 0 unspecified atom stereocenters. The number of carbonyl (C=O) groups is 1. The molecule has 0 aliphatic carbocycles. The summed E-state index contributed by atoms with van der Waals surface area (Å²) >= 11 is 0. The van der Waals surface area contributed by atoms with Crippen molar-refractivity contribution in [3.63, 3.8) is 0 Å². The first-order valence-electron chi connectivity index (χ1n) is 10.1. The predicted octanol–water partition coefficient (Wildman–Crippen LogP) is 5.45. The van der Waals surface area contributed by atoms with Gasteiger partial charge in [-0.1, -0.05) is 36.4 Å². The fourth-order valence-corrected chi connectivity index (χ4v) is 3.38. The van der Waals surface area contributed by atoms with Crippen molar-refractivity contribution in [1.82, 2.24) is 5.43 Å². The Bertz CT molecular complexity index is 1410. The predicted molar refractivity (Wildman–Crippen MR) is 124 cm³/mol. The number of phenolic OH excluding ortho intramolecular Hbond substituents is 1. The van der Waals surface area contributed by atoms with Crippen LogP contribution in [0.2, 0.25) is 0 Å². The Morgan fingerprint density at radius 1 is 0.909 bits per heavy atom. The molecule has 8 nitrogen and oxygen atoms in total. The van der Waals surface area contributed by atoms with Crippen LogP contribution in [-0.2, 0) is 0 Å². The lowest BCUT2D eigenvalue weighted by molar-refractivity contribution is 0.0954. The molecule has 8 heteroatoms. The summed E-state index contributed by atoms with van der Waals surface area (Å²) in [5.74, 6) is 0.680. The number of phenols is 1. The van der Waals surface area contributed by atoms with Crippen LogP contribution in [-0.4, -0.2) is 24.0 Å². The van der Waals surface area contributed by atoms with Gasteiger partial charge in [-0.15, -0.1) is 5.11 Å².